The molecule has 134 valence electrons. The van der Waals surface area contributed by atoms with Crippen LogP contribution in [0, 0.1) is 0 Å². The van der Waals surface area contributed by atoms with Gasteiger partial charge in [0.15, 0.2) is 0 Å². The molecule has 2 aromatic carbocycles. The lowest BCUT2D eigenvalue weighted by molar-refractivity contribution is -0.115. The number of carbonyl (C=O) groups is 1. The molecule has 1 heterocycles. The zero-order valence-electron chi connectivity index (χ0n) is 13.4. The van der Waals surface area contributed by atoms with Crippen LogP contribution < -0.4 is 5.32 Å². The molecule has 0 saturated heterocycles. The SMILES string of the molecule is C[C@@H](Sc1nnnn1-c1ccc(O)cc1)C(=O)Nc1ccc(Cl)cc1Cl. The van der Waals surface area contributed by atoms with Crippen LogP contribution in [-0.2, 0) is 4.79 Å². The fourth-order valence-electron chi connectivity index (χ4n) is 2.05. The van der Waals surface area contributed by atoms with E-state index in [1.54, 1.807) is 37.3 Å². The van der Waals surface area contributed by atoms with Crippen molar-refractivity contribution in [3.8, 4) is 11.4 Å². The van der Waals surface area contributed by atoms with Crippen molar-refractivity contribution >= 4 is 46.6 Å². The molecule has 26 heavy (non-hydrogen) atoms. The van der Waals surface area contributed by atoms with Crippen LogP contribution in [-0.4, -0.2) is 36.5 Å². The summed E-state index contributed by atoms with van der Waals surface area (Å²) < 4.78 is 1.49. The summed E-state index contributed by atoms with van der Waals surface area (Å²) in [4.78, 5) is 12.4. The number of carbonyl (C=O) groups excluding carboxylic acids is 1. The maximum atomic E-state index is 12.4. The van der Waals surface area contributed by atoms with E-state index in [9.17, 15) is 9.90 Å². The van der Waals surface area contributed by atoms with Gasteiger partial charge in [-0.15, -0.1) is 5.10 Å². The van der Waals surface area contributed by atoms with E-state index in [-0.39, 0.29) is 11.7 Å². The molecule has 1 amide bonds. The van der Waals surface area contributed by atoms with E-state index < -0.39 is 5.25 Å². The van der Waals surface area contributed by atoms with Crippen molar-refractivity contribution in [3.05, 3.63) is 52.5 Å². The molecule has 0 spiro atoms. The van der Waals surface area contributed by atoms with Crippen molar-refractivity contribution in [2.24, 2.45) is 0 Å². The van der Waals surface area contributed by atoms with Gasteiger partial charge in [-0.1, -0.05) is 35.0 Å². The molecule has 3 aromatic rings. The Morgan fingerprint density at radius 2 is 1.96 bits per heavy atom. The molecule has 0 saturated carbocycles. The number of phenolic OH excluding ortho intramolecular Hbond substituents is 1. The summed E-state index contributed by atoms with van der Waals surface area (Å²) in [6.45, 7) is 1.74. The fourth-order valence-corrected chi connectivity index (χ4v) is 3.31. The third-order valence-electron chi connectivity index (χ3n) is 3.38. The highest BCUT2D eigenvalue weighted by Gasteiger charge is 2.20. The average molecular weight is 410 g/mol. The summed E-state index contributed by atoms with van der Waals surface area (Å²) in [7, 11) is 0. The molecule has 1 atom stereocenters. The average Bonchev–Trinajstić information content (AvgIpc) is 3.06. The Labute approximate surface area is 163 Å². The van der Waals surface area contributed by atoms with Crippen molar-refractivity contribution in [1.29, 1.82) is 0 Å². The largest absolute Gasteiger partial charge is 0.508 e. The Morgan fingerprint density at radius 3 is 2.65 bits per heavy atom. The molecule has 10 heteroatoms. The van der Waals surface area contributed by atoms with Gasteiger partial charge in [-0.25, -0.2) is 0 Å². The van der Waals surface area contributed by atoms with Gasteiger partial charge in [0.2, 0.25) is 11.1 Å². The zero-order valence-corrected chi connectivity index (χ0v) is 15.8. The molecule has 3 rings (SSSR count). The van der Waals surface area contributed by atoms with Crippen LogP contribution >= 0.6 is 35.0 Å². The van der Waals surface area contributed by atoms with Gasteiger partial charge < -0.3 is 10.4 Å². The number of benzene rings is 2. The first-order valence-corrected chi connectivity index (χ1v) is 9.08. The topological polar surface area (TPSA) is 92.9 Å². The smallest absolute Gasteiger partial charge is 0.237 e. The summed E-state index contributed by atoms with van der Waals surface area (Å²) in [5.41, 5.74) is 1.15. The minimum Gasteiger partial charge on any atom is -0.508 e. The lowest BCUT2D eigenvalue weighted by atomic mass is 10.3. The standard InChI is InChI=1S/C16H13Cl2N5O2S/c1-9(15(25)19-14-7-2-10(17)8-13(14)18)26-16-20-21-22-23(16)11-3-5-12(24)6-4-11/h2-9,24H,1H3,(H,19,25)/t9-/m1/s1. The lowest BCUT2D eigenvalue weighted by Crippen LogP contribution is -2.23. The van der Waals surface area contributed by atoms with Crippen LogP contribution in [0.1, 0.15) is 6.92 Å². The van der Waals surface area contributed by atoms with Crippen molar-refractivity contribution in [3.63, 3.8) is 0 Å². The Bertz CT molecular complexity index is 933. The number of phenols is 1. The fraction of sp³-hybridized carbons (Fsp3) is 0.125. The first-order valence-electron chi connectivity index (χ1n) is 7.44. The van der Waals surface area contributed by atoms with E-state index in [1.807, 2.05) is 0 Å². The first-order chi connectivity index (χ1) is 12.4. The van der Waals surface area contributed by atoms with Crippen LogP contribution in [0.25, 0.3) is 5.69 Å². The van der Waals surface area contributed by atoms with E-state index in [4.69, 9.17) is 23.2 Å². The zero-order chi connectivity index (χ0) is 18.7. The van der Waals surface area contributed by atoms with Crippen molar-refractivity contribution in [1.82, 2.24) is 20.2 Å². The Kier molecular flexibility index (Phi) is 5.65. The summed E-state index contributed by atoms with van der Waals surface area (Å²) in [5, 5.41) is 24.5. The third-order valence-corrected chi connectivity index (χ3v) is 4.96. The molecule has 0 fully saturated rings. The monoisotopic (exact) mass is 409 g/mol. The summed E-state index contributed by atoms with van der Waals surface area (Å²) in [6, 6.07) is 11.3. The predicted molar refractivity (Wildman–Crippen MR) is 101 cm³/mol. The Hall–Kier alpha value is -2.29. The molecule has 0 aliphatic heterocycles. The Balaban J connectivity index is 1.72. The molecule has 1 aromatic heterocycles. The maximum Gasteiger partial charge on any atom is 0.237 e. The number of hydrogen-bond donors (Lipinski definition) is 2. The van der Waals surface area contributed by atoms with E-state index in [0.29, 0.717) is 26.6 Å². The van der Waals surface area contributed by atoms with Crippen LogP contribution in [0.4, 0.5) is 5.69 Å². The number of thioether (sulfide) groups is 1. The van der Waals surface area contributed by atoms with Crippen molar-refractivity contribution < 1.29 is 9.90 Å². The quantitative estimate of drug-likeness (QED) is 0.622. The lowest BCUT2D eigenvalue weighted by Gasteiger charge is -2.12. The van der Waals surface area contributed by atoms with Gasteiger partial charge in [0.25, 0.3) is 0 Å². The molecule has 0 bridgehead atoms. The van der Waals surface area contributed by atoms with Crippen LogP contribution in [0.2, 0.25) is 10.0 Å². The molecule has 2 N–H and O–H groups in total. The molecule has 0 aliphatic carbocycles. The normalized spacial score (nSPS) is 12.0. The number of amides is 1. The minimum absolute atomic E-state index is 0.142. The van der Waals surface area contributed by atoms with Gasteiger partial charge in [0.1, 0.15) is 5.75 Å². The van der Waals surface area contributed by atoms with E-state index in [2.05, 4.69) is 20.8 Å². The summed E-state index contributed by atoms with van der Waals surface area (Å²) >= 11 is 13.1. The van der Waals surface area contributed by atoms with Crippen molar-refractivity contribution in [2.75, 3.05) is 5.32 Å². The van der Waals surface area contributed by atoms with Crippen molar-refractivity contribution in [2.45, 2.75) is 17.3 Å². The van der Waals surface area contributed by atoms with Gasteiger partial charge in [-0.3, -0.25) is 4.79 Å². The van der Waals surface area contributed by atoms with E-state index in [1.165, 1.54) is 28.6 Å². The number of halogens is 2. The van der Waals surface area contributed by atoms with Crippen LogP contribution in [0.3, 0.4) is 0 Å². The van der Waals surface area contributed by atoms with Crippen LogP contribution in [0.5, 0.6) is 5.75 Å². The van der Waals surface area contributed by atoms with Gasteiger partial charge in [0, 0.05) is 5.02 Å². The van der Waals surface area contributed by atoms with Crippen LogP contribution in [0.15, 0.2) is 47.6 Å². The van der Waals surface area contributed by atoms with Gasteiger partial charge >= 0.3 is 0 Å². The summed E-state index contributed by atoms with van der Waals surface area (Å²) in [5.74, 6) is -0.108. The highest BCUT2D eigenvalue weighted by Crippen LogP contribution is 2.28. The minimum atomic E-state index is -0.483. The molecule has 7 nitrogen and oxygen atoms in total. The number of aromatic hydroxyl groups is 1. The highest BCUT2D eigenvalue weighted by molar-refractivity contribution is 8.00. The molecule has 0 aliphatic rings. The van der Waals surface area contributed by atoms with E-state index >= 15 is 0 Å². The molecule has 0 unspecified atom stereocenters. The molecular formula is C16H13Cl2N5O2S. The number of tetrazole rings is 1. The number of nitrogens with one attached hydrogen (secondary N) is 1. The predicted octanol–water partition coefficient (Wildman–Crippen LogP) is 3.79. The number of rotatable bonds is 5. The molecular weight excluding hydrogens is 397 g/mol. The third kappa shape index (κ3) is 4.27. The summed E-state index contributed by atoms with van der Waals surface area (Å²) in [6.07, 6.45) is 0. The maximum absolute atomic E-state index is 12.4. The van der Waals surface area contributed by atoms with Gasteiger partial charge in [0.05, 0.1) is 21.6 Å². The second-order valence-electron chi connectivity index (χ2n) is 5.26. The number of anilines is 1. The van der Waals surface area contributed by atoms with Gasteiger partial charge in [-0.2, -0.15) is 4.68 Å². The second-order valence-corrected chi connectivity index (χ2v) is 7.41. The van der Waals surface area contributed by atoms with Gasteiger partial charge in [-0.05, 0) is 59.8 Å². The molecule has 0 radical (unpaired) electrons. The first kappa shape index (κ1) is 18.5. The number of aromatic nitrogens is 4. The highest BCUT2D eigenvalue weighted by atomic mass is 35.5. The second kappa shape index (κ2) is 7.94. The number of hydrogen-bond acceptors (Lipinski definition) is 6. The van der Waals surface area contributed by atoms with E-state index in [0.717, 1.165) is 0 Å². The number of nitrogens with zero attached hydrogens (tertiary/aromatic N) is 4. The Morgan fingerprint density at radius 1 is 1.23 bits per heavy atom.